The van der Waals surface area contributed by atoms with Crippen molar-refractivity contribution in [1.29, 1.82) is 0 Å². The molecule has 1 amide bonds. The number of carboxylic acid groups (broad SMARTS) is 1. The lowest BCUT2D eigenvalue weighted by molar-refractivity contribution is -0.141. The summed E-state index contributed by atoms with van der Waals surface area (Å²) in [6, 6.07) is 4.99. The number of nitrogens with one attached hydrogen (secondary N) is 1. The number of aliphatic carboxylic acids is 1. The van der Waals surface area contributed by atoms with Gasteiger partial charge in [0.1, 0.15) is 0 Å². The van der Waals surface area contributed by atoms with E-state index < -0.39 is 11.9 Å². The largest absolute Gasteiger partial charge is 0.481 e. The monoisotopic (exact) mass is 333 g/mol. The van der Waals surface area contributed by atoms with E-state index in [2.05, 4.69) is 21.2 Å². The van der Waals surface area contributed by atoms with Crippen LogP contribution in [0.3, 0.4) is 0 Å². The lowest BCUT2D eigenvalue weighted by Crippen LogP contribution is -2.27. The molecular weight excluding hydrogens is 321 g/mol. The second-order valence-corrected chi connectivity index (χ2v) is 5.23. The van der Waals surface area contributed by atoms with E-state index in [4.69, 9.17) is 16.7 Å². The van der Waals surface area contributed by atoms with E-state index in [-0.39, 0.29) is 5.91 Å². The third-order valence-corrected chi connectivity index (χ3v) is 3.28. The van der Waals surface area contributed by atoms with Crippen molar-refractivity contribution in [3.05, 3.63) is 33.3 Å². The minimum atomic E-state index is -0.871. The van der Waals surface area contributed by atoms with Crippen LogP contribution in [0.4, 0.5) is 0 Å². The van der Waals surface area contributed by atoms with Gasteiger partial charge < -0.3 is 10.4 Å². The zero-order valence-corrected chi connectivity index (χ0v) is 12.1. The molecule has 0 aliphatic carbocycles. The third-order valence-electron chi connectivity index (χ3n) is 2.46. The van der Waals surface area contributed by atoms with Crippen LogP contribution in [0.1, 0.15) is 23.7 Å². The molecule has 1 atom stereocenters. The summed E-state index contributed by atoms with van der Waals surface area (Å²) in [6.45, 7) is 1.90. The maximum atomic E-state index is 11.8. The Morgan fingerprint density at radius 1 is 1.50 bits per heavy atom. The van der Waals surface area contributed by atoms with Crippen molar-refractivity contribution in [3.63, 3.8) is 0 Å². The smallest absolute Gasteiger partial charge is 0.306 e. The molecule has 6 heteroatoms. The van der Waals surface area contributed by atoms with E-state index in [1.807, 2.05) is 0 Å². The van der Waals surface area contributed by atoms with Gasteiger partial charge in [0.2, 0.25) is 0 Å². The van der Waals surface area contributed by atoms with Crippen molar-refractivity contribution in [3.8, 4) is 0 Å². The number of hydrogen-bond donors (Lipinski definition) is 2. The molecule has 2 N–H and O–H groups in total. The molecule has 98 valence electrons. The van der Waals surface area contributed by atoms with E-state index >= 15 is 0 Å². The van der Waals surface area contributed by atoms with Gasteiger partial charge in [-0.3, -0.25) is 9.59 Å². The molecule has 0 aliphatic rings. The Morgan fingerprint density at radius 3 is 2.78 bits per heavy atom. The molecule has 0 fully saturated rings. The topological polar surface area (TPSA) is 66.4 Å². The average molecular weight is 335 g/mol. The fraction of sp³-hybridized carbons (Fsp3) is 0.333. The molecule has 1 aromatic rings. The molecule has 0 aromatic heterocycles. The van der Waals surface area contributed by atoms with Crippen LogP contribution in [0.5, 0.6) is 0 Å². The highest BCUT2D eigenvalue weighted by Crippen LogP contribution is 2.20. The van der Waals surface area contributed by atoms with Gasteiger partial charge in [0.25, 0.3) is 5.91 Å². The molecule has 1 unspecified atom stereocenters. The molecule has 1 rings (SSSR count). The second kappa shape index (κ2) is 6.75. The fourth-order valence-corrected chi connectivity index (χ4v) is 1.86. The highest BCUT2D eigenvalue weighted by atomic mass is 79.9. The van der Waals surface area contributed by atoms with Crippen LogP contribution >= 0.6 is 27.5 Å². The number of benzene rings is 1. The first-order chi connectivity index (χ1) is 8.41. The number of carbonyl (C=O) groups excluding carboxylic acids is 1. The maximum absolute atomic E-state index is 11.8. The second-order valence-electron chi connectivity index (χ2n) is 3.91. The van der Waals surface area contributed by atoms with Crippen LogP contribution in [-0.2, 0) is 4.79 Å². The molecule has 0 heterocycles. The summed E-state index contributed by atoms with van der Waals surface area (Å²) in [4.78, 5) is 22.4. The lowest BCUT2D eigenvalue weighted by atomic mass is 10.1. The zero-order chi connectivity index (χ0) is 13.7. The van der Waals surface area contributed by atoms with Crippen molar-refractivity contribution in [2.45, 2.75) is 13.3 Å². The molecule has 0 saturated heterocycles. The Hall–Kier alpha value is -1.07. The summed E-state index contributed by atoms with van der Waals surface area (Å²) in [7, 11) is 0. The summed E-state index contributed by atoms with van der Waals surface area (Å²) >= 11 is 9.17. The molecule has 0 radical (unpaired) electrons. The first-order valence-electron chi connectivity index (χ1n) is 5.38. The highest BCUT2D eigenvalue weighted by molar-refractivity contribution is 9.10. The van der Waals surface area contributed by atoms with E-state index in [1.165, 1.54) is 0 Å². The van der Waals surface area contributed by atoms with E-state index in [0.717, 1.165) is 4.47 Å². The molecule has 0 aliphatic heterocycles. The highest BCUT2D eigenvalue weighted by Gasteiger charge is 2.13. The first-order valence-corrected chi connectivity index (χ1v) is 6.55. The Balaban J connectivity index is 2.55. The van der Waals surface area contributed by atoms with Gasteiger partial charge in [-0.2, -0.15) is 0 Å². The molecule has 0 spiro atoms. The van der Waals surface area contributed by atoms with Crippen LogP contribution in [0.25, 0.3) is 0 Å². The van der Waals surface area contributed by atoms with Crippen molar-refractivity contribution < 1.29 is 14.7 Å². The van der Waals surface area contributed by atoms with Gasteiger partial charge in [-0.1, -0.05) is 34.5 Å². The van der Waals surface area contributed by atoms with Gasteiger partial charge in [-0.05, 0) is 24.6 Å². The van der Waals surface area contributed by atoms with E-state index in [0.29, 0.717) is 23.6 Å². The number of rotatable bonds is 5. The first kappa shape index (κ1) is 15.0. The zero-order valence-electron chi connectivity index (χ0n) is 9.74. The number of carbonyl (C=O) groups is 2. The van der Waals surface area contributed by atoms with E-state index in [9.17, 15) is 9.59 Å². The Bertz CT molecular complexity index is 465. The Kier molecular flexibility index (Phi) is 5.62. The van der Waals surface area contributed by atoms with Crippen molar-refractivity contribution in [2.24, 2.45) is 5.92 Å². The number of carboxylic acids is 1. The van der Waals surface area contributed by atoms with Crippen LogP contribution < -0.4 is 5.32 Å². The maximum Gasteiger partial charge on any atom is 0.306 e. The van der Waals surface area contributed by atoms with Gasteiger partial charge >= 0.3 is 5.97 Å². The molecule has 0 saturated carbocycles. The van der Waals surface area contributed by atoms with Crippen LogP contribution in [0.2, 0.25) is 5.02 Å². The van der Waals surface area contributed by atoms with E-state index in [1.54, 1.807) is 25.1 Å². The summed E-state index contributed by atoms with van der Waals surface area (Å²) in [5.74, 6) is -1.66. The molecular formula is C12H13BrClNO3. The van der Waals surface area contributed by atoms with Gasteiger partial charge in [-0.25, -0.2) is 0 Å². The SMILES string of the molecule is CC(CCNC(=O)c1cc(Br)ccc1Cl)C(=O)O. The third kappa shape index (κ3) is 4.31. The molecule has 1 aromatic carbocycles. The Morgan fingerprint density at radius 2 is 2.17 bits per heavy atom. The van der Waals surface area contributed by atoms with Gasteiger partial charge in [-0.15, -0.1) is 0 Å². The van der Waals surface area contributed by atoms with Crippen molar-refractivity contribution in [1.82, 2.24) is 5.32 Å². The molecule has 4 nitrogen and oxygen atoms in total. The lowest BCUT2D eigenvalue weighted by Gasteiger charge is -2.09. The van der Waals surface area contributed by atoms with Crippen LogP contribution in [0, 0.1) is 5.92 Å². The van der Waals surface area contributed by atoms with Gasteiger partial charge in [0, 0.05) is 11.0 Å². The number of amides is 1. The summed E-state index contributed by atoms with van der Waals surface area (Å²) in [6.07, 6.45) is 0.382. The molecule has 0 bridgehead atoms. The predicted octanol–water partition coefficient (Wildman–Crippen LogP) is 2.94. The standard InChI is InChI=1S/C12H13BrClNO3/c1-7(12(17)18)4-5-15-11(16)9-6-8(13)2-3-10(9)14/h2-3,6-7H,4-5H2,1H3,(H,15,16)(H,17,18). The van der Waals surface area contributed by atoms with Gasteiger partial charge in [0.15, 0.2) is 0 Å². The minimum Gasteiger partial charge on any atom is -0.481 e. The Labute approximate surface area is 118 Å². The number of hydrogen-bond acceptors (Lipinski definition) is 2. The average Bonchev–Trinajstić information content (AvgIpc) is 2.31. The van der Waals surface area contributed by atoms with Crippen LogP contribution in [-0.4, -0.2) is 23.5 Å². The summed E-state index contributed by atoms with van der Waals surface area (Å²) < 4.78 is 0.760. The molecule has 18 heavy (non-hydrogen) atoms. The quantitative estimate of drug-likeness (QED) is 0.870. The number of halogens is 2. The van der Waals surface area contributed by atoms with Crippen molar-refractivity contribution in [2.75, 3.05) is 6.54 Å². The van der Waals surface area contributed by atoms with Crippen LogP contribution in [0.15, 0.2) is 22.7 Å². The summed E-state index contributed by atoms with van der Waals surface area (Å²) in [5, 5.41) is 11.7. The normalized spacial score (nSPS) is 11.9. The predicted molar refractivity (Wildman–Crippen MR) is 72.9 cm³/mol. The van der Waals surface area contributed by atoms with Crippen molar-refractivity contribution >= 4 is 39.4 Å². The fourth-order valence-electron chi connectivity index (χ4n) is 1.29. The van der Waals surface area contributed by atoms with Gasteiger partial charge in [0.05, 0.1) is 16.5 Å². The minimum absolute atomic E-state index is 0.301. The summed E-state index contributed by atoms with van der Waals surface area (Å²) in [5.41, 5.74) is 0.369.